The third kappa shape index (κ3) is 4.98. The Labute approximate surface area is 165 Å². The van der Waals surface area contributed by atoms with E-state index < -0.39 is 6.04 Å². The van der Waals surface area contributed by atoms with Crippen LogP contribution in [0.25, 0.3) is 0 Å². The van der Waals surface area contributed by atoms with Crippen LogP contribution in [0.2, 0.25) is 0 Å². The van der Waals surface area contributed by atoms with Crippen LogP contribution in [0.5, 0.6) is 0 Å². The first kappa shape index (κ1) is 20.1. The van der Waals surface area contributed by atoms with Gasteiger partial charge in [0.25, 0.3) is 0 Å². The molecule has 1 aromatic carbocycles. The predicted octanol–water partition coefficient (Wildman–Crippen LogP) is 1.92. The lowest BCUT2D eigenvalue weighted by Gasteiger charge is -2.23. The number of carbonyl (C=O) groups excluding carboxylic acids is 2. The van der Waals surface area contributed by atoms with E-state index in [1.165, 1.54) is 0 Å². The Balaban J connectivity index is 1.74. The van der Waals surface area contributed by atoms with Crippen LogP contribution in [0, 0.1) is 5.92 Å². The Bertz CT molecular complexity index is 803. The fraction of sp³-hybridized carbons (Fsp3) is 0.476. The number of benzene rings is 1. The molecular formula is C21H28N4O3. The summed E-state index contributed by atoms with van der Waals surface area (Å²) < 4.78 is 7.04. The summed E-state index contributed by atoms with van der Waals surface area (Å²) >= 11 is 0. The smallest absolute Gasteiger partial charge is 0.308 e. The number of hydrogen-bond donors (Lipinski definition) is 2. The van der Waals surface area contributed by atoms with E-state index in [1.807, 2.05) is 63.6 Å². The van der Waals surface area contributed by atoms with Crippen LogP contribution in [0.4, 0.5) is 0 Å². The number of nitrogens with one attached hydrogen (secondary N) is 2. The molecule has 1 aromatic heterocycles. The number of rotatable bonds is 7. The monoisotopic (exact) mass is 384 g/mol. The van der Waals surface area contributed by atoms with E-state index in [9.17, 15) is 9.59 Å². The van der Waals surface area contributed by atoms with Gasteiger partial charge in [-0.3, -0.25) is 14.3 Å². The van der Waals surface area contributed by atoms with Crippen LogP contribution in [0.15, 0.2) is 42.7 Å². The number of ether oxygens (including phenoxy) is 1. The van der Waals surface area contributed by atoms with Crippen molar-refractivity contribution >= 4 is 11.9 Å². The van der Waals surface area contributed by atoms with Gasteiger partial charge in [-0.25, -0.2) is 0 Å². The summed E-state index contributed by atoms with van der Waals surface area (Å²) in [5.41, 5.74) is 1.93. The molecule has 150 valence electrons. The summed E-state index contributed by atoms with van der Waals surface area (Å²) in [4.78, 5) is 25.3. The molecule has 1 amide bonds. The van der Waals surface area contributed by atoms with E-state index in [-0.39, 0.29) is 36.2 Å². The van der Waals surface area contributed by atoms with Gasteiger partial charge < -0.3 is 15.4 Å². The highest BCUT2D eigenvalue weighted by Gasteiger charge is 2.36. The number of carbonyl (C=O) groups is 2. The zero-order valence-corrected chi connectivity index (χ0v) is 16.6. The van der Waals surface area contributed by atoms with Gasteiger partial charge in [0.2, 0.25) is 5.91 Å². The van der Waals surface area contributed by atoms with Crippen molar-refractivity contribution in [3.63, 3.8) is 0 Å². The van der Waals surface area contributed by atoms with Crippen molar-refractivity contribution in [1.29, 1.82) is 0 Å². The van der Waals surface area contributed by atoms with Gasteiger partial charge in [0.1, 0.15) is 0 Å². The molecule has 0 aliphatic carbocycles. The number of nitrogens with zero attached hydrogens (tertiary/aromatic N) is 2. The lowest BCUT2D eigenvalue weighted by molar-refractivity contribution is -0.148. The lowest BCUT2D eigenvalue weighted by Crippen LogP contribution is -2.38. The second kappa shape index (κ2) is 9.01. The molecule has 1 unspecified atom stereocenters. The van der Waals surface area contributed by atoms with Gasteiger partial charge in [-0.05, 0) is 25.0 Å². The maximum absolute atomic E-state index is 13.1. The van der Waals surface area contributed by atoms with E-state index in [0.717, 1.165) is 17.7 Å². The molecule has 3 rings (SSSR count). The number of aromatic nitrogens is 2. The third-order valence-corrected chi connectivity index (χ3v) is 4.96. The van der Waals surface area contributed by atoms with Crippen LogP contribution in [-0.4, -0.2) is 40.9 Å². The first-order chi connectivity index (χ1) is 13.4. The topological polar surface area (TPSA) is 85.2 Å². The first-order valence-electron chi connectivity index (χ1n) is 9.68. The molecule has 0 bridgehead atoms. The number of aryl methyl sites for hydroxylation is 1. The van der Waals surface area contributed by atoms with Crippen molar-refractivity contribution in [2.45, 2.75) is 38.3 Å². The molecule has 3 atom stereocenters. The molecule has 1 aliphatic rings. The van der Waals surface area contributed by atoms with Gasteiger partial charge in [0.15, 0.2) is 0 Å². The van der Waals surface area contributed by atoms with Gasteiger partial charge in [-0.2, -0.15) is 5.10 Å². The van der Waals surface area contributed by atoms with Crippen LogP contribution < -0.4 is 10.6 Å². The molecule has 0 spiro atoms. The molecule has 7 heteroatoms. The Kier molecular flexibility index (Phi) is 6.46. The van der Waals surface area contributed by atoms with Crippen molar-refractivity contribution < 1.29 is 14.3 Å². The van der Waals surface area contributed by atoms with Gasteiger partial charge in [-0.1, -0.05) is 30.3 Å². The van der Waals surface area contributed by atoms with Crippen molar-refractivity contribution in [1.82, 2.24) is 20.4 Å². The largest absolute Gasteiger partial charge is 0.463 e. The van der Waals surface area contributed by atoms with E-state index in [0.29, 0.717) is 6.54 Å². The average Bonchev–Trinajstić information content (AvgIpc) is 3.30. The van der Waals surface area contributed by atoms with Crippen LogP contribution in [-0.2, 0) is 21.4 Å². The highest BCUT2D eigenvalue weighted by molar-refractivity contribution is 5.82. The van der Waals surface area contributed by atoms with Gasteiger partial charge in [0, 0.05) is 32.3 Å². The molecule has 2 heterocycles. The van der Waals surface area contributed by atoms with Gasteiger partial charge >= 0.3 is 5.97 Å². The molecule has 2 N–H and O–H groups in total. The van der Waals surface area contributed by atoms with E-state index >= 15 is 0 Å². The molecule has 28 heavy (non-hydrogen) atoms. The van der Waals surface area contributed by atoms with Crippen molar-refractivity contribution in [2.75, 3.05) is 13.1 Å². The number of amides is 1. The minimum atomic E-state index is -0.421. The molecule has 7 nitrogen and oxygen atoms in total. The van der Waals surface area contributed by atoms with Crippen molar-refractivity contribution in [3.05, 3.63) is 53.9 Å². The molecular weight excluding hydrogens is 356 g/mol. The third-order valence-electron chi connectivity index (χ3n) is 4.96. The normalized spacial score (nSPS) is 20.1. The van der Waals surface area contributed by atoms with E-state index in [2.05, 4.69) is 15.7 Å². The maximum atomic E-state index is 13.1. The average molecular weight is 384 g/mol. The Morgan fingerprint density at radius 1 is 1.29 bits per heavy atom. The first-order valence-corrected chi connectivity index (χ1v) is 9.68. The standard InChI is InChI=1S/C21H28N4O3/c1-14(2)28-20(26)9-19(15-7-5-4-6-8-15)24-21(27)18-12-22-11-17(18)16-10-23-25(3)13-16/h4-8,10,13-14,17-19,22H,9,11-12H2,1-3H3,(H,24,27)/t17-,18+,19?/m1/s1. The lowest BCUT2D eigenvalue weighted by atomic mass is 9.89. The van der Waals surface area contributed by atoms with Crippen molar-refractivity contribution in [3.8, 4) is 0 Å². The van der Waals surface area contributed by atoms with E-state index in [4.69, 9.17) is 4.74 Å². The fourth-order valence-corrected chi connectivity index (χ4v) is 3.63. The molecule has 0 radical (unpaired) electrons. The fourth-order valence-electron chi connectivity index (χ4n) is 3.63. The second-order valence-corrected chi connectivity index (χ2v) is 7.53. The van der Waals surface area contributed by atoms with Crippen LogP contribution in [0.3, 0.4) is 0 Å². The minimum absolute atomic E-state index is 0.0627. The summed E-state index contributed by atoms with van der Waals surface area (Å²) in [6.45, 7) is 4.96. The highest BCUT2D eigenvalue weighted by Crippen LogP contribution is 2.29. The van der Waals surface area contributed by atoms with E-state index in [1.54, 1.807) is 4.68 Å². The summed E-state index contributed by atoms with van der Waals surface area (Å²) in [6, 6.07) is 9.12. The molecule has 1 saturated heterocycles. The summed E-state index contributed by atoms with van der Waals surface area (Å²) in [6.07, 6.45) is 3.68. The minimum Gasteiger partial charge on any atom is -0.463 e. The van der Waals surface area contributed by atoms with Crippen LogP contribution in [0.1, 0.15) is 43.4 Å². The summed E-state index contributed by atoms with van der Waals surface area (Å²) in [5.74, 6) is -0.535. The Hall–Kier alpha value is -2.67. The predicted molar refractivity (Wildman–Crippen MR) is 105 cm³/mol. The van der Waals surface area contributed by atoms with Crippen molar-refractivity contribution in [2.24, 2.45) is 13.0 Å². The van der Waals surface area contributed by atoms with Gasteiger partial charge in [0.05, 0.1) is 30.7 Å². The quantitative estimate of drug-likeness (QED) is 0.713. The zero-order chi connectivity index (χ0) is 20.1. The molecule has 2 aromatic rings. The highest BCUT2D eigenvalue weighted by atomic mass is 16.5. The summed E-state index contributed by atoms with van der Waals surface area (Å²) in [7, 11) is 1.87. The second-order valence-electron chi connectivity index (χ2n) is 7.53. The molecule has 1 aliphatic heterocycles. The SMILES string of the molecule is CC(C)OC(=O)CC(NC(=O)[C@H]1CNC[C@@H]1c1cnn(C)c1)c1ccccc1. The zero-order valence-electron chi connectivity index (χ0n) is 16.6. The Morgan fingerprint density at radius 3 is 2.68 bits per heavy atom. The number of esters is 1. The molecule has 1 fully saturated rings. The Morgan fingerprint density at radius 2 is 2.04 bits per heavy atom. The van der Waals surface area contributed by atoms with Crippen LogP contribution >= 0.6 is 0 Å². The summed E-state index contributed by atoms with van der Waals surface area (Å²) in [5, 5.41) is 10.6. The number of hydrogen-bond acceptors (Lipinski definition) is 5. The molecule has 0 saturated carbocycles. The van der Waals surface area contributed by atoms with Gasteiger partial charge in [-0.15, -0.1) is 0 Å². The maximum Gasteiger partial charge on any atom is 0.308 e.